The van der Waals surface area contributed by atoms with E-state index < -0.39 is 0 Å². The van der Waals surface area contributed by atoms with Crippen LogP contribution in [0.15, 0.2) is 0 Å². The predicted molar refractivity (Wildman–Crippen MR) is 68.3 cm³/mol. The van der Waals surface area contributed by atoms with Crippen molar-refractivity contribution < 1.29 is 9.90 Å². The first-order valence-corrected chi connectivity index (χ1v) is 7.11. The van der Waals surface area contributed by atoms with Gasteiger partial charge in [0.1, 0.15) is 0 Å². The minimum Gasteiger partial charge on any atom is -0.393 e. The molecule has 3 fully saturated rings. The second kappa shape index (κ2) is 4.70. The van der Waals surface area contributed by atoms with Crippen molar-refractivity contribution in [2.75, 3.05) is 39.3 Å². The molecule has 2 N–H and O–H groups in total. The quantitative estimate of drug-likeness (QED) is 0.650. The molecule has 3 aliphatic rings. The van der Waals surface area contributed by atoms with Crippen molar-refractivity contribution in [1.29, 1.82) is 0 Å². The number of nitrogens with zero attached hydrogens (tertiary/aromatic N) is 2. The van der Waals surface area contributed by atoms with Crippen LogP contribution in [-0.4, -0.2) is 66.3 Å². The number of likely N-dealkylation sites (tertiary alicyclic amines) is 2. The van der Waals surface area contributed by atoms with Gasteiger partial charge in [-0.15, -0.1) is 0 Å². The summed E-state index contributed by atoms with van der Waals surface area (Å²) in [5.74, 6) is 0. The highest BCUT2D eigenvalue weighted by Gasteiger charge is 2.41. The first-order chi connectivity index (χ1) is 8.69. The van der Waals surface area contributed by atoms with Crippen molar-refractivity contribution in [3.63, 3.8) is 0 Å². The normalized spacial score (nSPS) is 28.3. The van der Waals surface area contributed by atoms with Crippen LogP contribution in [-0.2, 0) is 0 Å². The van der Waals surface area contributed by atoms with Gasteiger partial charge in [0.25, 0.3) is 0 Å². The molecule has 0 aromatic rings. The molecular formula is C13H23N3O2. The van der Waals surface area contributed by atoms with E-state index in [1.165, 1.54) is 0 Å². The van der Waals surface area contributed by atoms with E-state index in [-0.39, 0.29) is 12.1 Å². The van der Waals surface area contributed by atoms with Crippen LogP contribution < -0.4 is 5.32 Å². The second-order valence-electron chi connectivity index (χ2n) is 6.09. The average Bonchev–Trinajstić information content (AvgIpc) is 2.37. The van der Waals surface area contributed by atoms with E-state index in [1.54, 1.807) is 0 Å². The first kappa shape index (κ1) is 12.2. The molecule has 0 saturated carbocycles. The Labute approximate surface area is 108 Å². The number of carbonyl (C=O) groups is 1. The lowest BCUT2D eigenvalue weighted by molar-refractivity contribution is 0.0462. The molecule has 102 valence electrons. The molecule has 3 aliphatic heterocycles. The van der Waals surface area contributed by atoms with Crippen LogP contribution in [0.1, 0.15) is 25.7 Å². The molecule has 0 radical (unpaired) electrons. The summed E-state index contributed by atoms with van der Waals surface area (Å²) in [5.41, 5.74) is 0.495. The molecular weight excluding hydrogens is 230 g/mol. The fourth-order valence-corrected chi connectivity index (χ4v) is 3.26. The monoisotopic (exact) mass is 253 g/mol. The highest BCUT2D eigenvalue weighted by molar-refractivity contribution is 5.74. The third-order valence-corrected chi connectivity index (χ3v) is 4.83. The summed E-state index contributed by atoms with van der Waals surface area (Å²) in [6, 6.07) is 0.184. The van der Waals surface area contributed by atoms with Crippen molar-refractivity contribution in [3.8, 4) is 0 Å². The lowest BCUT2D eigenvalue weighted by Gasteiger charge is -2.49. The van der Waals surface area contributed by atoms with E-state index in [2.05, 4.69) is 5.32 Å². The van der Waals surface area contributed by atoms with Crippen LogP contribution >= 0.6 is 0 Å². The fraction of sp³-hybridized carbons (Fsp3) is 0.923. The standard InChI is InChI=1S/C13H23N3O2/c17-11-1-5-15(6-2-11)12(18)16-7-3-13(4-8-16)9-14-10-13/h11,14,17H,1-10H2. The minimum absolute atomic E-state index is 0.184. The number of piperidine rings is 2. The molecule has 0 bridgehead atoms. The lowest BCUT2D eigenvalue weighted by Crippen LogP contribution is -2.60. The fourth-order valence-electron chi connectivity index (χ4n) is 3.26. The Bertz CT molecular complexity index is 312. The molecule has 0 aromatic heterocycles. The number of rotatable bonds is 0. The van der Waals surface area contributed by atoms with Gasteiger partial charge in [-0.1, -0.05) is 0 Å². The van der Waals surface area contributed by atoms with Crippen molar-refractivity contribution in [2.45, 2.75) is 31.8 Å². The summed E-state index contributed by atoms with van der Waals surface area (Å²) in [6.07, 6.45) is 3.53. The van der Waals surface area contributed by atoms with Crippen molar-refractivity contribution in [1.82, 2.24) is 15.1 Å². The molecule has 0 aromatic carbocycles. The number of urea groups is 1. The number of aliphatic hydroxyl groups excluding tert-OH is 1. The minimum atomic E-state index is -0.209. The van der Waals surface area contributed by atoms with E-state index in [4.69, 9.17) is 0 Å². The molecule has 1 spiro atoms. The van der Waals surface area contributed by atoms with Crippen molar-refractivity contribution in [2.24, 2.45) is 5.41 Å². The molecule has 18 heavy (non-hydrogen) atoms. The highest BCUT2D eigenvalue weighted by Crippen LogP contribution is 2.35. The van der Waals surface area contributed by atoms with Gasteiger partial charge in [-0.3, -0.25) is 0 Å². The van der Waals surface area contributed by atoms with Crippen LogP contribution in [0.3, 0.4) is 0 Å². The molecule has 5 nitrogen and oxygen atoms in total. The van der Waals surface area contributed by atoms with Gasteiger partial charge in [0, 0.05) is 39.3 Å². The molecule has 3 saturated heterocycles. The smallest absolute Gasteiger partial charge is 0.320 e. The zero-order valence-corrected chi connectivity index (χ0v) is 10.9. The topological polar surface area (TPSA) is 55.8 Å². The van der Waals surface area contributed by atoms with Gasteiger partial charge < -0.3 is 20.2 Å². The summed E-state index contributed by atoms with van der Waals surface area (Å²) in [6.45, 7) is 5.49. The van der Waals surface area contributed by atoms with E-state index in [0.717, 1.165) is 51.9 Å². The zero-order chi connectivity index (χ0) is 12.6. The van der Waals surface area contributed by atoms with Crippen LogP contribution in [0.4, 0.5) is 4.79 Å². The molecule has 3 heterocycles. The number of aliphatic hydroxyl groups is 1. The predicted octanol–water partition coefficient (Wildman–Crippen LogP) is 0.249. The van der Waals surface area contributed by atoms with Crippen LogP contribution in [0.2, 0.25) is 0 Å². The maximum Gasteiger partial charge on any atom is 0.320 e. The SMILES string of the molecule is O=C(N1CCC(O)CC1)N1CCC2(CC1)CNC2. The van der Waals surface area contributed by atoms with Crippen LogP contribution in [0, 0.1) is 5.41 Å². The summed E-state index contributed by atoms with van der Waals surface area (Å²) in [7, 11) is 0. The van der Waals surface area contributed by atoms with E-state index in [0.29, 0.717) is 18.5 Å². The Morgan fingerprint density at radius 1 is 1.06 bits per heavy atom. The van der Waals surface area contributed by atoms with Gasteiger partial charge in [0.15, 0.2) is 0 Å². The van der Waals surface area contributed by atoms with E-state index >= 15 is 0 Å². The number of amides is 2. The van der Waals surface area contributed by atoms with Gasteiger partial charge in [0.2, 0.25) is 0 Å². The number of hydrogen-bond donors (Lipinski definition) is 2. The van der Waals surface area contributed by atoms with Gasteiger partial charge in [0.05, 0.1) is 6.10 Å². The number of carbonyl (C=O) groups excluding carboxylic acids is 1. The Balaban J connectivity index is 1.51. The van der Waals surface area contributed by atoms with Crippen molar-refractivity contribution >= 4 is 6.03 Å². The van der Waals surface area contributed by atoms with Gasteiger partial charge >= 0.3 is 6.03 Å². The zero-order valence-electron chi connectivity index (χ0n) is 10.9. The Kier molecular flexibility index (Phi) is 3.20. The van der Waals surface area contributed by atoms with Crippen molar-refractivity contribution in [3.05, 3.63) is 0 Å². The number of hydrogen-bond acceptors (Lipinski definition) is 3. The maximum absolute atomic E-state index is 12.3. The van der Waals surface area contributed by atoms with Crippen LogP contribution in [0.5, 0.6) is 0 Å². The summed E-state index contributed by atoms with van der Waals surface area (Å²) in [5, 5.41) is 12.8. The maximum atomic E-state index is 12.3. The molecule has 0 atom stereocenters. The summed E-state index contributed by atoms with van der Waals surface area (Å²) in [4.78, 5) is 16.2. The third-order valence-electron chi connectivity index (χ3n) is 4.83. The third kappa shape index (κ3) is 2.21. The van der Waals surface area contributed by atoms with E-state index in [9.17, 15) is 9.90 Å². The highest BCUT2D eigenvalue weighted by atomic mass is 16.3. The average molecular weight is 253 g/mol. The molecule has 0 aliphatic carbocycles. The van der Waals surface area contributed by atoms with Gasteiger partial charge in [-0.2, -0.15) is 0 Å². The molecule has 3 rings (SSSR count). The number of nitrogens with one attached hydrogen (secondary N) is 1. The van der Waals surface area contributed by atoms with Gasteiger partial charge in [-0.05, 0) is 31.1 Å². The molecule has 2 amide bonds. The Hall–Kier alpha value is -0.810. The molecule has 0 unspecified atom stereocenters. The summed E-state index contributed by atoms with van der Waals surface area (Å²) < 4.78 is 0. The lowest BCUT2D eigenvalue weighted by atomic mass is 9.73. The van der Waals surface area contributed by atoms with Crippen LogP contribution in [0.25, 0.3) is 0 Å². The Morgan fingerprint density at radius 3 is 2.11 bits per heavy atom. The summed E-state index contributed by atoms with van der Waals surface area (Å²) >= 11 is 0. The van der Waals surface area contributed by atoms with Gasteiger partial charge in [-0.25, -0.2) is 4.79 Å². The first-order valence-electron chi connectivity index (χ1n) is 7.11. The van der Waals surface area contributed by atoms with E-state index in [1.807, 2.05) is 9.80 Å². The Morgan fingerprint density at radius 2 is 1.61 bits per heavy atom. The molecule has 5 heteroatoms. The largest absolute Gasteiger partial charge is 0.393 e. The second-order valence-corrected chi connectivity index (χ2v) is 6.09.